The summed E-state index contributed by atoms with van der Waals surface area (Å²) in [6, 6.07) is 11.7. The fourth-order valence-corrected chi connectivity index (χ4v) is 3.23. The third-order valence-corrected chi connectivity index (χ3v) is 4.90. The van der Waals surface area contributed by atoms with E-state index in [0.29, 0.717) is 25.3 Å². The van der Waals surface area contributed by atoms with Crippen molar-refractivity contribution in [2.75, 3.05) is 13.2 Å². The van der Waals surface area contributed by atoms with Gasteiger partial charge in [-0.3, -0.25) is 14.6 Å². The van der Waals surface area contributed by atoms with Crippen LogP contribution in [0.4, 0.5) is 8.78 Å². The molecule has 3 rings (SSSR count). The zero-order valence-corrected chi connectivity index (χ0v) is 17.9. The van der Waals surface area contributed by atoms with Crippen molar-refractivity contribution in [3.63, 3.8) is 0 Å². The maximum absolute atomic E-state index is 13.9. The number of rotatable bonds is 9. The highest BCUT2D eigenvalue weighted by Crippen LogP contribution is 2.22. The van der Waals surface area contributed by atoms with Crippen molar-refractivity contribution in [1.29, 1.82) is 0 Å². The number of hydrogen-bond acceptors (Lipinski definition) is 4. The van der Waals surface area contributed by atoms with Crippen LogP contribution in [-0.4, -0.2) is 36.0 Å². The Morgan fingerprint density at radius 2 is 1.72 bits per heavy atom. The number of ether oxygens (including phenoxy) is 1. The maximum atomic E-state index is 13.9. The number of nitrogens with zero attached hydrogens (tertiary/aromatic N) is 1. The number of para-hydroxylation sites is 1. The molecule has 2 amide bonds. The second-order valence-electron chi connectivity index (χ2n) is 7.62. The molecule has 3 aromatic rings. The van der Waals surface area contributed by atoms with Crippen molar-refractivity contribution < 1.29 is 23.1 Å². The summed E-state index contributed by atoms with van der Waals surface area (Å²) in [7, 11) is 0. The van der Waals surface area contributed by atoms with Crippen LogP contribution in [0, 0.1) is 17.6 Å². The van der Waals surface area contributed by atoms with Gasteiger partial charge in [0, 0.05) is 18.1 Å². The number of nitrogens with one attached hydrogen (secondary N) is 2. The first-order chi connectivity index (χ1) is 15.4. The molecule has 0 fully saturated rings. The molecular formula is C24H25F2N3O3. The van der Waals surface area contributed by atoms with Crippen LogP contribution in [0.25, 0.3) is 10.9 Å². The fraction of sp³-hybridized carbons (Fsp3) is 0.292. The summed E-state index contributed by atoms with van der Waals surface area (Å²) in [6.07, 6.45) is 2.22. The molecule has 1 atom stereocenters. The van der Waals surface area contributed by atoms with Crippen LogP contribution in [-0.2, 0) is 4.79 Å². The van der Waals surface area contributed by atoms with E-state index < -0.39 is 35.1 Å². The van der Waals surface area contributed by atoms with Gasteiger partial charge >= 0.3 is 0 Å². The van der Waals surface area contributed by atoms with E-state index in [1.54, 1.807) is 20.0 Å². The summed E-state index contributed by atoms with van der Waals surface area (Å²) in [5.41, 5.74) is 0.0602. The first-order valence-corrected chi connectivity index (χ1v) is 10.4. The maximum Gasteiger partial charge on any atom is 0.257 e. The van der Waals surface area contributed by atoms with Crippen LogP contribution >= 0.6 is 0 Å². The van der Waals surface area contributed by atoms with E-state index in [9.17, 15) is 18.4 Å². The van der Waals surface area contributed by atoms with Crippen molar-refractivity contribution in [3.8, 4) is 5.75 Å². The van der Waals surface area contributed by atoms with Crippen LogP contribution in [0.5, 0.6) is 5.75 Å². The highest BCUT2D eigenvalue weighted by Gasteiger charge is 2.27. The van der Waals surface area contributed by atoms with Gasteiger partial charge in [0.05, 0.1) is 6.61 Å². The molecule has 1 aromatic heterocycles. The molecule has 8 heteroatoms. The Morgan fingerprint density at radius 3 is 2.44 bits per heavy atom. The molecule has 2 aromatic carbocycles. The molecule has 168 valence electrons. The van der Waals surface area contributed by atoms with Crippen molar-refractivity contribution in [1.82, 2.24) is 15.6 Å². The molecular weight excluding hydrogens is 416 g/mol. The third-order valence-electron chi connectivity index (χ3n) is 4.90. The molecule has 0 radical (unpaired) electrons. The lowest BCUT2D eigenvalue weighted by Gasteiger charge is -2.22. The highest BCUT2D eigenvalue weighted by atomic mass is 19.1. The van der Waals surface area contributed by atoms with E-state index in [2.05, 4.69) is 15.6 Å². The third kappa shape index (κ3) is 5.57. The summed E-state index contributed by atoms with van der Waals surface area (Å²) in [5, 5.41) is 6.14. The largest absolute Gasteiger partial charge is 0.491 e. The normalized spacial score (nSPS) is 11.9. The Labute approximate surface area is 185 Å². The fourth-order valence-electron chi connectivity index (χ4n) is 3.23. The minimum atomic E-state index is -0.981. The van der Waals surface area contributed by atoms with Gasteiger partial charge in [-0.25, -0.2) is 8.78 Å². The molecule has 0 aliphatic carbocycles. The molecule has 1 heterocycles. The number of amides is 2. The van der Waals surface area contributed by atoms with Gasteiger partial charge < -0.3 is 15.4 Å². The number of halogens is 2. The van der Waals surface area contributed by atoms with Gasteiger partial charge in [0.25, 0.3) is 5.91 Å². The Hall–Kier alpha value is -3.55. The van der Waals surface area contributed by atoms with Gasteiger partial charge in [-0.2, -0.15) is 0 Å². The minimum Gasteiger partial charge on any atom is -0.491 e. The SMILES string of the molecule is CC(C)[C@H](NC(=O)c1c(F)cccc1F)C(=O)NCCCOc1cccc2cccnc12. The molecule has 2 N–H and O–H groups in total. The number of fused-ring (bicyclic) bond motifs is 1. The van der Waals surface area contributed by atoms with Crippen LogP contribution < -0.4 is 15.4 Å². The van der Waals surface area contributed by atoms with Gasteiger partial charge in [-0.05, 0) is 36.6 Å². The molecule has 32 heavy (non-hydrogen) atoms. The average Bonchev–Trinajstić information content (AvgIpc) is 2.77. The summed E-state index contributed by atoms with van der Waals surface area (Å²) in [5.74, 6) is -2.99. The monoisotopic (exact) mass is 441 g/mol. The number of benzene rings is 2. The van der Waals surface area contributed by atoms with Crippen LogP contribution in [0.15, 0.2) is 54.7 Å². The van der Waals surface area contributed by atoms with E-state index >= 15 is 0 Å². The molecule has 0 aliphatic heterocycles. The summed E-state index contributed by atoms with van der Waals surface area (Å²) < 4.78 is 33.5. The Balaban J connectivity index is 1.51. The summed E-state index contributed by atoms with van der Waals surface area (Å²) in [6.45, 7) is 4.14. The lowest BCUT2D eigenvalue weighted by atomic mass is 10.0. The average molecular weight is 441 g/mol. The zero-order valence-electron chi connectivity index (χ0n) is 17.9. The molecule has 6 nitrogen and oxygen atoms in total. The van der Waals surface area contributed by atoms with E-state index in [1.165, 1.54) is 6.07 Å². The summed E-state index contributed by atoms with van der Waals surface area (Å²) >= 11 is 0. The topological polar surface area (TPSA) is 80.3 Å². The van der Waals surface area contributed by atoms with E-state index in [0.717, 1.165) is 23.0 Å². The number of hydrogen-bond donors (Lipinski definition) is 2. The Bertz CT molecular complexity index is 1080. The minimum absolute atomic E-state index is 0.285. The molecule has 0 unspecified atom stereocenters. The van der Waals surface area contributed by atoms with E-state index in [4.69, 9.17) is 4.74 Å². The molecule has 0 saturated heterocycles. The Kier molecular flexibility index (Phi) is 7.70. The lowest BCUT2D eigenvalue weighted by Crippen LogP contribution is -2.50. The molecule has 0 saturated carbocycles. The molecule has 0 aliphatic rings. The van der Waals surface area contributed by atoms with Crippen molar-refractivity contribution in [3.05, 3.63) is 71.9 Å². The number of carbonyl (C=O) groups excluding carboxylic acids is 2. The quantitative estimate of drug-likeness (QED) is 0.495. The van der Waals surface area contributed by atoms with Crippen LogP contribution in [0.1, 0.15) is 30.6 Å². The van der Waals surface area contributed by atoms with E-state index in [-0.39, 0.29) is 5.92 Å². The van der Waals surface area contributed by atoms with Crippen molar-refractivity contribution >= 4 is 22.7 Å². The molecule has 0 spiro atoms. The van der Waals surface area contributed by atoms with Crippen molar-refractivity contribution in [2.45, 2.75) is 26.3 Å². The number of carbonyl (C=O) groups is 2. The number of pyridine rings is 1. The second kappa shape index (κ2) is 10.7. The first kappa shape index (κ1) is 23.1. The van der Waals surface area contributed by atoms with Crippen LogP contribution in [0.3, 0.4) is 0 Å². The first-order valence-electron chi connectivity index (χ1n) is 10.4. The predicted molar refractivity (Wildman–Crippen MR) is 117 cm³/mol. The Morgan fingerprint density at radius 1 is 1.03 bits per heavy atom. The zero-order chi connectivity index (χ0) is 23.1. The molecule has 0 bridgehead atoms. The van der Waals surface area contributed by atoms with Gasteiger partial charge in [-0.15, -0.1) is 0 Å². The van der Waals surface area contributed by atoms with Gasteiger partial charge in [-0.1, -0.05) is 38.1 Å². The highest BCUT2D eigenvalue weighted by molar-refractivity contribution is 5.98. The summed E-state index contributed by atoms with van der Waals surface area (Å²) in [4.78, 5) is 29.2. The van der Waals surface area contributed by atoms with Crippen LogP contribution in [0.2, 0.25) is 0 Å². The smallest absolute Gasteiger partial charge is 0.257 e. The van der Waals surface area contributed by atoms with Crippen molar-refractivity contribution in [2.24, 2.45) is 5.92 Å². The van der Waals surface area contributed by atoms with E-state index in [1.807, 2.05) is 30.3 Å². The van der Waals surface area contributed by atoms with Gasteiger partial charge in [0.2, 0.25) is 5.91 Å². The number of aromatic nitrogens is 1. The standard InChI is InChI=1S/C24H25F2N3O3/c1-15(2)21(29-23(30)20-17(25)9-4-10-18(20)26)24(31)28-13-6-14-32-19-11-3-7-16-8-5-12-27-22(16)19/h3-5,7-12,15,21H,6,13-14H2,1-2H3,(H,28,31)(H,29,30)/t21-/m0/s1. The van der Waals surface area contributed by atoms with Gasteiger partial charge in [0.1, 0.15) is 34.5 Å². The second-order valence-corrected chi connectivity index (χ2v) is 7.62. The van der Waals surface area contributed by atoms with Gasteiger partial charge in [0.15, 0.2) is 0 Å². The lowest BCUT2D eigenvalue weighted by molar-refractivity contribution is -0.123. The predicted octanol–water partition coefficient (Wildman–Crippen LogP) is 3.85.